The molecule has 1 rings (SSSR count). The quantitative estimate of drug-likeness (QED) is 0.855. The van der Waals surface area contributed by atoms with Crippen molar-refractivity contribution >= 4 is 0 Å². The molecule has 0 aromatic carbocycles. The lowest BCUT2D eigenvalue weighted by atomic mass is 10.2. The fraction of sp³-hybridized carbons (Fsp3) is 0.556. The van der Waals surface area contributed by atoms with Gasteiger partial charge in [0.25, 0.3) is 5.56 Å². The molecule has 0 bridgehead atoms. The molecule has 0 aliphatic carbocycles. The van der Waals surface area contributed by atoms with Crippen molar-refractivity contribution in [2.45, 2.75) is 25.6 Å². The van der Waals surface area contributed by atoms with Gasteiger partial charge in [0.1, 0.15) is 0 Å². The minimum Gasteiger partial charge on any atom is -0.330 e. The largest absolute Gasteiger partial charge is 0.435 e. The van der Waals surface area contributed by atoms with Gasteiger partial charge in [-0.2, -0.15) is 18.3 Å². The minimum absolute atomic E-state index is 0.283. The maximum atomic E-state index is 12.3. The fourth-order valence-corrected chi connectivity index (χ4v) is 1.26. The molecule has 0 spiro atoms. The third kappa shape index (κ3) is 2.82. The van der Waals surface area contributed by atoms with Crippen molar-refractivity contribution in [3.05, 3.63) is 28.2 Å². The van der Waals surface area contributed by atoms with E-state index in [0.29, 0.717) is 12.5 Å². The highest BCUT2D eigenvalue weighted by atomic mass is 19.4. The molecule has 7 heteroatoms. The average molecular weight is 235 g/mol. The van der Waals surface area contributed by atoms with Crippen LogP contribution in [0.15, 0.2) is 16.9 Å². The Morgan fingerprint density at radius 3 is 2.62 bits per heavy atom. The van der Waals surface area contributed by atoms with Gasteiger partial charge in [-0.15, -0.1) is 0 Å². The number of halogens is 3. The second kappa shape index (κ2) is 4.65. The van der Waals surface area contributed by atoms with Crippen molar-refractivity contribution in [1.82, 2.24) is 9.78 Å². The normalized spacial score (nSPS) is 13.8. The van der Waals surface area contributed by atoms with Crippen LogP contribution in [0.1, 0.15) is 25.1 Å². The van der Waals surface area contributed by atoms with Gasteiger partial charge in [0.05, 0.1) is 6.04 Å². The molecule has 0 fully saturated rings. The molecule has 0 saturated carbocycles. The van der Waals surface area contributed by atoms with E-state index >= 15 is 0 Å². The van der Waals surface area contributed by atoms with Crippen LogP contribution in [-0.4, -0.2) is 16.3 Å². The van der Waals surface area contributed by atoms with Gasteiger partial charge in [0.15, 0.2) is 5.69 Å². The molecule has 1 atom stereocenters. The number of alkyl halides is 3. The summed E-state index contributed by atoms with van der Waals surface area (Å²) < 4.78 is 37.9. The van der Waals surface area contributed by atoms with E-state index in [9.17, 15) is 18.0 Å². The maximum Gasteiger partial charge on any atom is 0.435 e. The summed E-state index contributed by atoms with van der Waals surface area (Å²) in [5.41, 5.74) is 3.64. The molecule has 4 nitrogen and oxygen atoms in total. The zero-order chi connectivity index (χ0) is 12.3. The first kappa shape index (κ1) is 12.7. The maximum absolute atomic E-state index is 12.3. The molecule has 0 radical (unpaired) electrons. The fourth-order valence-electron chi connectivity index (χ4n) is 1.26. The molecule has 1 aromatic heterocycles. The summed E-state index contributed by atoms with van der Waals surface area (Å²) in [6.45, 7) is 1.88. The molecule has 0 aliphatic heterocycles. The minimum atomic E-state index is -4.54. The molecule has 2 N–H and O–H groups in total. The van der Waals surface area contributed by atoms with E-state index in [4.69, 9.17) is 5.73 Å². The van der Waals surface area contributed by atoms with Gasteiger partial charge in [0.2, 0.25) is 0 Å². The Morgan fingerprint density at radius 2 is 2.12 bits per heavy atom. The Balaban J connectivity index is 3.14. The Labute approximate surface area is 89.9 Å². The second-order valence-electron chi connectivity index (χ2n) is 3.43. The summed E-state index contributed by atoms with van der Waals surface area (Å²) in [5.74, 6) is 0. The lowest BCUT2D eigenvalue weighted by Crippen LogP contribution is -2.29. The van der Waals surface area contributed by atoms with Gasteiger partial charge >= 0.3 is 6.18 Å². The Hall–Kier alpha value is -1.37. The van der Waals surface area contributed by atoms with Crippen molar-refractivity contribution < 1.29 is 13.2 Å². The number of aromatic nitrogens is 2. The van der Waals surface area contributed by atoms with Gasteiger partial charge in [-0.25, -0.2) is 4.68 Å². The van der Waals surface area contributed by atoms with E-state index in [1.807, 2.05) is 0 Å². The summed E-state index contributed by atoms with van der Waals surface area (Å²) in [6, 6.07) is 1.09. The summed E-state index contributed by atoms with van der Waals surface area (Å²) >= 11 is 0. The molecule has 0 aliphatic rings. The van der Waals surface area contributed by atoms with Crippen LogP contribution < -0.4 is 11.3 Å². The molecule has 0 amide bonds. The first-order chi connectivity index (χ1) is 7.36. The molecule has 90 valence electrons. The van der Waals surface area contributed by atoms with E-state index < -0.39 is 23.5 Å². The Bertz CT molecular complexity index is 413. The molecule has 0 unspecified atom stereocenters. The highest BCUT2D eigenvalue weighted by molar-refractivity contribution is 5.04. The summed E-state index contributed by atoms with van der Waals surface area (Å²) in [7, 11) is 0. The van der Waals surface area contributed by atoms with Crippen molar-refractivity contribution in [2.24, 2.45) is 5.73 Å². The third-order valence-electron chi connectivity index (χ3n) is 2.12. The van der Waals surface area contributed by atoms with E-state index in [1.165, 1.54) is 0 Å². The first-order valence-electron chi connectivity index (χ1n) is 4.73. The zero-order valence-electron chi connectivity index (χ0n) is 8.66. The predicted octanol–water partition coefficient (Wildman–Crippen LogP) is 1.17. The van der Waals surface area contributed by atoms with E-state index in [1.54, 1.807) is 6.92 Å². The first-order valence-corrected chi connectivity index (χ1v) is 4.73. The van der Waals surface area contributed by atoms with Crippen LogP contribution in [0, 0.1) is 0 Å². The molecular formula is C9H12F3N3O. The van der Waals surface area contributed by atoms with Crippen molar-refractivity contribution in [2.75, 3.05) is 6.54 Å². The van der Waals surface area contributed by atoms with E-state index in [-0.39, 0.29) is 6.54 Å². The lowest BCUT2D eigenvalue weighted by molar-refractivity contribution is -0.142. The van der Waals surface area contributed by atoms with Gasteiger partial charge in [-0.05, 0) is 26.0 Å². The summed E-state index contributed by atoms with van der Waals surface area (Å²) in [6.07, 6.45) is -4.15. The van der Waals surface area contributed by atoms with Crippen LogP contribution in [0.5, 0.6) is 0 Å². The number of nitrogens with two attached hydrogens (primary N) is 1. The highest BCUT2D eigenvalue weighted by Crippen LogP contribution is 2.26. The number of nitrogens with zero attached hydrogens (tertiary/aromatic N) is 2. The highest BCUT2D eigenvalue weighted by Gasteiger charge is 2.33. The summed E-state index contributed by atoms with van der Waals surface area (Å²) in [5, 5.41) is 3.29. The van der Waals surface area contributed by atoms with Crippen molar-refractivity contribution in [1.29, 1.82) is 0 Å². The van der Waals surface area contributed by atoms with Crippen LogP contribution in [-0.2, 0) is 6.18 Å². The zero-order valence-corrected chi connectivity index (χ0v) is 8.66. The molecule has 0 saturated heterocycles. The monoisotopic (exact) mass is 235 g/mol. The Morgan fingerprint density at radius 1 is 1.50 bits per heavy atom. The predicted molar refractivity (Wildman–Crippen MR) is 51.9 cm³/mol. The van der Waals surface area contributed by atoms with E-state index in [2.05, 4.69) is 5.10 Å². The van der Waals surface area contributed by atoms with E-state index in [0.717, 1.165) is 10.7 Å². The lowest BCUT2D eigenvalue weighted by Gasteiger charge is -2.14. The van der Waals surface area contributed by atoms with Crippen LogP contribution in [0.2, 0.25) is 0 Å². The van der Waals surface area contributed by atoms with Crippen LogP contribution in [0.4, 0.5) is 13.2 Å². The van der Waals surface area contributed by atoms with Crippen LogP contribution in [0.25, 0.3) is 0 Å². The van der Waals surface area contributed by atoms with Crippen LogP contribution >= 0.6 is 0 Å². The smallest absolute Gasteiger partial charge is 0.330 e. The number of hydrogen-bond acceptors (Lipinski definition) is 3. The number of hydrogen-bond donors (Lipinski definition) is 1. The van der Waals surface area contributed by atoms with Crippen LogP contribution in [0.3, 0.4) is 0 Å². The van der Waals surface area contributed by atoms with Crippen molar-refractivity contribution in [3.8, 4) is 0 Å². The van der Waals surface area contributed by atoms with Crippen molar-refractivity contribution in [3.63, 3.8) is 0 Å². The molecular weight excluding hydrogens is 223 g/mol. The molecule has 16 heavy (non-hydrogen) atoms. The van der Waals surface area contributed by atoms with Gasteiger partial charge in [-0.1, -0.05) is 0 Å². The second-order valence-corrected chi connectivity index (χ2v) is 3.43. The summed E-state index contributed by atoms with van der Waals surface area (Å²) in [4.78, 5) is 11.3. The molecule has 1 aromatic rings. The third-order valence-corrected chi connectivity index (χ3v) is 2.12. The average Bonchev–Trinajstić information content (AvgIpc) is 2.16. The van der Waals surface area contributed by atoms with Gasteiger partial charge in [-0.3, -0.25) is 4.79 Å². The topological polar surface area (TPSA) is 60.9 Å². The van der Waals surface area contributed by atoms with Gasteiger partial charge in [0, 0.05) is 6.07 Å². The van der Waals surface area contributed by atoms with Gasteiger partial charge < -0.3 is 5.73 Å². The SMILES string of the molecule is C[C@H](CCN)n1nc(C(F)(F)F)ccc1=O. The standard InChI is InChI=1S/C9H12F3N3O/c1-6(4-5-13)15-8(16)3-2-7(14-15)9(10,11)12/h2-3,6H,4-5,13H2,1H3/t6-/m1/s1. The number of rotatable bonds is 3. The molecule has 1 heterocycles. The Kier molecular flexibility index (Phi) is 3.69.